The Labute approximate surface area is 191 Å². The summed E-state index contributed by atoms with van der Waals surface area (Å²) in [6.45, 7) is 3.44. The van der Waals surface area contributed by atoms with E-state index in [1.165, 1.54) is 0 Å². The molecule has 2 N–H and O–H groups in total. The van der Waals surface area contributed by atoms with Crippen LogP contribution >= 0.6 is 0 Å². The first-order valence-corrected chi connectivity index (χ1v) is 11.6. The predicted octanol–water partition coefficient (Wildman–Crippen LogP) is 1.92. The van der Waals surface area contributed by atoms with Crippen molar-refractivity contribution in [3.8, 4) is 0 Å². The van der Waals surface area contributed by atoms with Crippen molar-refractivity contribution in [3.63, 3.8) is 0 Å². The lowest BCUT2D eigenvalue weighted by molar-refractivity contribution is -0.321. The van der Waals surface area contributed by atoms with Crippen LogP contribution in [0.25, 0.3) is 0 Å². The van der Waals surface area contributed by atoms with Crippen molar-refractivity contribution in [2.45, 2.75) is 77.2 Å². The molecule has 0 aromatic carbocycles. The first-order valence-electron chi connectivity index (χ1n) is 11.6. The zero-order valence-electron chi connectivity index (χ0n) is 19.0. The van der Waals surface area contributed by atoms with E-state index in [1.54, 1.807) is 4.90 Å². The Morgan fingerprint density at radius 1 is 1.24 bits per heavy atom. The smallest absolute Gasteiger partial charge is 0.356 e. The monoisotopic (exact) mass is 475 g/mol. The summed E-state index contributed by atoms with van der Waals surface area (Å²) < 4.78 is 41.0. The lowest BCUT2D eigenvalue weighted by Gasteiger charge is -2.29. The molecule has 186 valence electrons. The quantitative estimate of drug-likeness (QED) is 0.502. The van der Waals surface area contributed by atoms with E-state index in [1.807, 2.05) is 13.8 Å². The summed E-state index contributed by atoms with van der Waals surface area (Å²) in [5, 5.41) is 5.18. The van der Waals surface area contributed by atoms with Gasteiger partial charge in [0.15, 0.2) is 5.78 Å². The van der Waals surface area contributed by atoms with Gasteiger partial charge in [0.25, 0.3) is 0 Å². The number of carbonyl (C=O) groups excluding carboxylic acids is 4. The first-order chi connectivity index (χ1) is 15.5. The zero-order valence-corrected chi connectivity index (χ0v) is 19.0. The van der Waals surface area contributed by atoms with Crippen molar-refractivity contribution in [2.75, 3.05) is 19.7 Å². The molecule has 0 bridgehead atoms. The number of amides is 3. The maximum absolute atomic E-state index is 13.2. The number of ether oxygens (including phenoxy) is 1. The summed E-state index contributed by atoms with van der Waals surface area (Å²) in [6.07, 6.45) is -1.12. The molecule has 0 aromatic rings. The molecule has 0 unspecified atom stereocenters. The van der Waals surface area contributed by atoms with E-state index in [0.717, 1.165) is 12.8 Å². The molecular formula is C22H32F3N3O5. The molecule has 0 aromatic heterocycles. The van der Waals surface area contributed by atoms with Crippen molar-refractivity contribution < 1.29 is 37.1 Å². The summed E-state index contributed by atoms with van der Waals surface area (Å²) in [6, 6.07) is -2.09. The van der Waals surface area contributed by atoms with Crippen LogP contribution in [-0.4, -0.2) is 66.5 Å². The highest BCUT2D eigenvalue weighted by molar-refractivity contribution is 5.94. The molecule has 33 heavy (non-hydrogen) atoms. The van der Waals surface area contributed by atoms with Crippen molar-refractivity contribution in [1.29, 1.82) is 0 Å². The highest BCUT2D eigenvalue weighted by atomic mass is 19.4. The Bertz CT molecular complexity index is 780. The number of nitrogens with one attached hydrogen (secondary N) is 2. The summed E-state index contributed by atoms with van der Waals surface area (Å²) in [5.41, 5.74) is -0.0893. The maximum atomic E-state index is 13.2. The van der Waals surface area contributed by atoms with Gasteiger partial charge in [-0.2, -0.15) is 0 Å². The molecule has 1 saturated carbocycles. The van der Waals surface area contributed by atoms with Gasteiger partial charge >= 0.3 is 6.36 Å². The van der Waals surface area contributed by atoms with Crippen LogP contribution in [0.2, 0.25) is 0 Å². The van der Waals surface area contributed by atoms with Gasteiger partial charge in [0.1, 0.15) is 12.6 Å². The Kier molecular flexibility index (Phi) is 7.70. The molecule has 8 nitrogen and oxygen atoms in total. The molecule has 2 aliphatic heterocycles. The van der Waals surface area contributed by atoms with Crippen LogP contribution in [0.1, 0.15) is 58.8 Å². The second-order valence-corrected chi connectivity index (χ2v) is 9.47. The lowest BCUT2D eigenvalue weighted by atomic mass is 9.95. The number of Topliss-reactive ketones (excluding diaryl/α,β-unsaturated/α-hetero) is 1. The molecule has 3 atom stereocenters. The molecule has 3 rings (SSSR count). The van der Waals surface area contributed by atoms with Gasteiger partial charge in [-0.1, -0.05) is 13.8 Å². The van der Waals surface area contributed by atoms with Crippen molar-refractivity contribution in [3.05, 3.63) is 0 Å². The number of hydrogen-bond donors (Lipinski definition) is 2. The van der Waals surface area contributed by atoms with Crippen molar-refractivity contribution in [1.82, 2.24) is 15.5 Å². The van der Waals surface area contributed by atoms with Crippen LogP contribution in [0, 0.1) is 17.3 Å². The topological polar surface area (TPSA) is 105 Å². The molecule has 3 amide bonds. The van der Waals surface area contributed by atoms with E-state index in [-0.39, 0.29) is 29.6 Å². The number of nitrogens with zero attached hydrogens (tertiary/aromatic N) is 1. The molecular weight excluding hydrogens is 443 g/mol. The van der Waals surface area contributed by atoms with E-state index in [0.29, 0.717) is 38.8 Å². The third-order valence-electron chi connectivity index (χ3n) is 7.15. The van der Waals surface area contributed by atoms with E-state index in [9.17, 15) is 32.3 Å². The molecule has 3 aliphatic rings. The van der Waals surface area contributed by atoms with Crippen LogP contribution in [0.15, 0.2) is 0 Å². The summed E-state index contributed by atoms with van der Waals surface area (Å²) in [5.74, 6) is -2.75. The normalized spacial score (nSPS) is 24.8. The Morgan fingerprint density at radius 3 is 2.42 bits per heavy atom. The summed E-state index contributed by atoms with van der Waals surface area (Å²) in [7, 11) is 0. The molecule has 2 heterocycles. The third kappa shape index (κ3) is 6.24. The number of halogens is 3. The average molecular weight is 476 g/mol. The van der Waals surface area contributed by atoms with E-state index < -0.39 is 42.7 Å². The molecule has 0 radical (unpaired) electrons. The first kappa shape index (κ1) is 25.5. The van der Waals surface area contributed by atoms with Gasteiger partial charge in [-0.05, 0) is 50.4 Å². The number of rotatable bonds is 10. The number of likely N-dealkylation sites (tertiary alicyclic amines) is 1. The molecule has 1 spiro atoms. The fraction of sp³-hybridized carbons (Fsp3) is 0.818. The minimum absolute atomic E-state index is 0.0893. The molecule has 3 fully saturated rings. The van der Waals surface area contributed by atoms with Crippen LogP contribution in [0.4, 0.5) is 13.2 Å². The number of ketones is 1. The Morgan fingerprint density at radius 2 is 1.91 bits per heavy atom. The van der Waals surface area contributed by atoms with Gasteiger partial charge in [0.2, 0.25) is 17.7 Å². The zero-order chi connectivity index (χ0) is 24.4. The minimum Gasteiger partial charge on any atom is -0.356 e. The average Bonchev–Trinajstić information content (AvgIpc) is 3.21. The second kappa shape index (κ2) is 9.99. The van der Waals surface area contributed by atoms with E-state index in [2.05, 4.69) is 15.4 Å². The predicted molar refractivity (Wildman–Crippen MR) is 111 cm³/mol. The fourth-order valence-electron chi connectivity index (χ4n) is 4.88. The van der Waals surface area contributed by atoms with Gasteiger partial charge in [-0.25, -0.2) is 0 Å². The highest BCUT2D eigenvalue weighted by Gasteiger charge is 2.55. The van der Waals surface area contributed by atoms with Crippen LogP contribution in [0.5, 0.6) is 0 Å². The Hall–Kier alpha value is -2.17. The van der Waals surface area contributed by atoms with Gasteiger partial charge in [-0.3, -0.25) is 23.9 Å². The van der Waals surface area contributed by atoms with Crippen LogP contribution < -0.4 is 10.6 Å². The summed E-state index contributed by atoms with van der Waals surface area (Å²) >= 11 is 0. The Balaban J connectivity index is 1.74. The van der Waals surface area contributed by atoms with E-state index >= 15 is 0 Å². The number of alkyl halides is 3. The number of carbonyl (C=O) groups is 4. The summed E-state index contributed by atoms with van der Waals surface area (Å²) in [4.78, 5) is 52.4. The van der Waals surface area contributed by atoms with E-state index in [4.69, 9.17) is 0 Å². The van der Waals surface area contributed by atoms with Gasteiger partial charge < -0.3 is 15.5 Å². The van der Waals surface area contributed by atoms with Gasteiger partial charge in [0, 0.05) is 24.9 Å². The largest absolute Gasteiger partial charge is 0.522 e. The van der Waals surface area contributed by atoms with Crippen LogP contribution in [-0.2, 0) is 23.9 Å². The number of hydrogen-bond acceptors (Lipinski definition) is 5. The fourth-order valence-corrected chi connectivity index (χ4v) is 4.88. The molecule has 1 aliphatic carbocycles. The lowest BCUT2D eigenvalue weighted by Crippen LogP contribution is -2.53. The second-order valence-electron chi connectivity index (χ2n) is 9.47. The van der Waals surface area contributed by atoms with Crippen molar-refractivity contribution >= 4 is 23.5 Å². The highest BCUT2D eigenvalue weighted by Crippen LogP contribution is 2.55. The van der Waals surface area contributed by atoms with Gasteiger partial charge in [-0.15, -0.1) is 13.2 Å². The third-order valence-corrected chi connectivity index (χ3v) is 7.15. The molecule has 11 heteroatoms. The van der Waals surface area contributed by atoms with Crippen molar-refractivity contribution in [2.24, 2.45) is 17.3 Å². The minimum atomic E-state index is -4.99. The maximum Gasteiger partial charge on any atom is 0.522 e. The van der Waals surface area contributed by atoms with Gasteiger partial charge in [0.05, 0.1) is 6.04 Å². The SMILES string of the molecule is CCC(CC)C(=O)N1CC2(CC2)C[C@H]1C(=O)N[C@@H](C[C@@H]1CCNC1=O)C(=O)COC(F)(F)F. The van der Waals surface area contributed by atoms with Crippen LogP contribution in [0.3, 0.4) is 0 Å². The standard InChI is InChI=1S/C22H32F3N3O5/c1-3-13(4-2)20(32)28-12-21(6-7-21)10-16(28)19(31)27-15(9-14-5-8-26-18(14)30)17(29)11-33-22(23,24)25/h13-16H,3-12H2,1-2H3,(H,26,30)(H,27,31)/t14-,15-,16-/m0/s1. The molecule has 2 saturated heterocycles.